The molecule has 43 heavy (non-hydrogen) atoms. The Morgan fingerprint density at radius 3 is 2.44 bits per heavy atom. The number of nitrogens with one attached hydrogen (secondary N) is 1. The molecular weight excluding hydrogens is 561 g/mol. The highest BCUT2D eigenvalue weighted by atomic mass is 19.4. The van der Waals surface area contributed by atoms with E-state index in [-0.39, 0.29) is 48.6 Å². The van der Waals surface area contributed by atoms with Gasteiger partial charge in [-0.25, -0.2) is 19.3 Å². The summed E-state index contributed by atoms with van der Waals surface area (Å²) >= 11 is 0. The van der Waals surface area contributed by atoms with Crippen LogP contribution < -0.4 is 15.8 Å². The van der Waals surface area contributed by atoms with Crippen LogP contribution in [0.3, 0.4) is 0 Å². The van der Waals surface area contributed by atoms with Crippen molar-refractivity contribution in [3.05, 3.63) is 76.9 Å². The van der Waals surface area contributed by atoms with E-state index in [4.69, 9.17) is 0 Å². The van der Waals surface area contributed by atoms with Gasteiger partial charge in [-0.3, -0.25) is 4.79 Å². The van der Waals surface area contributed by atoms with Crippen LogP contribution in [-0.2, 0) is 18.6 Å². The summed E-state index contributed by atoms with van der Waals surface area (Å²) in [7, 11) is 2.11. The summed E-state index contributed by atoms with van der Waals surface area (Å²) in [5, 5.41) is 14.5. The number of aromatic nitrogens is 5. The van der Waals surface area contributed by atoms with Gasteiger partial charge in [0.05, 0.1) is 12.2 Å². The molecule has 4 heterocycles. The van der Waals surface area contributed by atoms with Crippen molar-refractivity contribution in [1.82, 2.24) is 29.2 Å². The first-order valence-electron chi connectivity index (χ1n) is 14.2. The Morgan fingerprint density at radius 1 is 1.07 bits per heavy atom. The lowest BCUT2D eigenvalue weighted by atomic mass is 9.85. The number of halogens is 3. The van der Waals surface area contributed by atoms with Crippen LogP contribution in [0, 0.1) is 5.41 Å². The number of anilines is 3. The molecule has 1 saturated heterocycles. The van der Waals surface area contributed by atoms with E-state index in [1.54, 1.807) is 12.1 Å². The van der Waals surface area contributed by atoms with Crippen molar-refractivity contribution in [3.8, 4) is 5.82 Å². The smallest absolute Gasteiger partial charge is 0.375 e. The van der Waals surface area contributed by atoms with Gasteiger partial charge >= 0.3 is 6.18 Å². The topological polar surface area (TPSA) is 104 Å². The van der Waals surface area contributed by atoms with Crippen molar-refractivity contribution >= 4 is 28.4 Å². The molecule has 2 fully saturated rings. The molecule has 4 aromatic rings. The molecular formula is C30H31F3N8O2. The number of alkyl halides is 3. The first-order valence-corrected chi connectivity index (χ1v) is 14.2. The predicted molar refractivity (Wildman–Crippen MR) is 156 cm³/mol. The largest absolute Gasteiger partial charge is 0.423 e. The van der Waals surface area contributed by atoms with Crippen LogP contribution >= 0.6 is 0 Å². The third-order valence-electron chi connectivity index (χ3n) is 9.05. The van der Waals surface area contributed by atoms with E-state index in [9.17, 15) is 23.1 Å². The van der Waals surface area contributed by atoms with Gasteiger partial charge in [-0.15, -0.1) is 6.58 Å². The van der Waals surface area contributed by atoms with Crippen molar-refractivity contribution < 1.29 is 18.3 Å². The second-order valence-electron chi connectivity index (χ2n) is 11.7. The van der Waals surface area contributed by atoms with E-state index in [2.05, 4.69) is 43.7 Å². The Labute approximate surface area is 245 Å². The Kier molecular flexibility index (Phi) is 6.19. The standard InChI is InChI=1S/C30H31F3N8O2/c1-3-12-40-26(42)22-18-34-27(35-20-5-7-21(8-6-20)39-15-13-38(2)14-16-39)37-25(22)41(40)23-9-4-19-17-28(10-11-28)29(43,24(19)36-23)30(31,32)33/h3-9,18,43H,1,10-17H2,2H3,(H,34,35,37). The van der Waals surface area contributed by atoms with Crippen molar-refractivity contribution in [2.24, 2.45) is 5.41 Å². The summed E-state index contributed by atoms with van der Waals surface area (Å²) in [4.78, 5) is 31.3. The lowest BCUT2D eigenvalue weighted by Crippen LogP contribution is -2.48. The van der Waals surface area contributed by atoms with Crippen LogP contribution in [0.4, 0.5) is 30.5 Å². The molecule has 224 valence electrons. The SMILES string of the molecule is C=CCn1c(=O)c2cnc(Nc3ccc(N4CCN(C)CC4)cc3)nc2n1-c1ccc2c(n1)C(O)(C(F)(F)F)C1(CC1)C2. The lowest BCUT2D eigenvalue weighted by Gasteiger charge is -2.34. The number of rotatable bonds is 6. The van der Waals surface area contributed by atoms with Gasteiger partial charge < -0.3 is 20.2 Å². The predicted octanol–water partition coefficient (Wildman–Crippen LogP) is 3.74. The van der Waals surface area contributed by atoms with E-state index in [0.717, 1.165) is 37.6 Å². The molecule has 2 aliphatic carbocycles. The van der Waals surface area contributed by atoms with Gasteiger partial charge in [0.2, 0.25) is 11.5 Å². The molecule has 1 aromatic carbocycles. The van der Waals surface area contributed by atoms with Crippen molar-refractivity contribution in [2.45, 2.75) is 37.6 Å². The average molecular weight is 593 g/mol. The number of likely N-dealkylation sites (N-methyl/N-ethyl adjacent to an activating group) is 1. The first kappa shape index (κ1) is 27.6. The molecule has 1 atom stereocenters. The minimum atomic E-state index is -4.90. The molecule has 0 radical (unpaired) electrons. The van der Waals surface area contributed by atoms with Crippen LogP contribution in [-0.4, -0.2) is 73.7 Å². The van der Waals surface area contributed by atoms with E-state index in [0.29, 0.717) is 5.56 Å². The summed E-state index contributed by atoms with van der Waals surface area (Å²) in [5.74, 6) is 0.239. The summed E-state index contributed by atoms with van der Waals surface area (Å²) in [6.07, 6.45) is -1.38. The van der Waals surface area contributed by atoms with Gasteiger partial charge in [-0.05, 0) is 62.2 Å². The summed E-state index contributed by atoms with van der Waals surface area (Å²) in [5.41, 5.74) is -2.84. The molecule has 13 heteroatoms. The zero-order valence-electron chi connectivity index (χ0n) is 23.6. The summed E-state index contributed by atoms with van der Waals surface area (Å²) in [6, 6.07) is 11.0. The number of nitrogens with zero attached hydrogens (tertiary/aromatic N) is 7. The molecule has 10 nitrogen and oxygen atoms in total. The third-order valence-corrected chi connectivity index (χ3v) is 9.05. The number of hydrogen-bond donors (Lipinski definition) is 2. The summed E-state index contributed by atoms with van der Waals surface area (Å²) < 4.78 is 45.7. The van der Waals surface area contributed by atoms with Crippen molar-refractivity contribution in [3.63, 3.8) is 0 Å². The van der Waals surface area contributed by atoms with Crippen molar-refractivity contribution in [2.75, 3.05) is 43.4 Å². The Balaban J connectivity index is 1.27. The molecule has 3 aliphatic rings. The Bertz CT molecular complexity index is 1790. The van der Waals surface area contributed by atoms with Gasteiger partial charge in [-0.1, -0.05) is 12.1 Å². The second kappa shape index (κ2) is 9.64. The molecule has 1 unspecified atom stereocenters. The highest BCUT2D eigenvalue weighted by Gasteiger charge is 2.76. The minimum absolute atomic E-state index is 0.0363. The van der Waals surface area contributed by atoms with E-state index >= 15 is 0 Å². The van der Waals surface area contributed by atoms with Crippen LogP contribution in [0.25, 0.3) is 16.9 Å². The number of allylic oxidation sites excluding steroid dienone is 1. The van der Waals surface area contributed by atoms with Gasteiger partial charge in [0, 0.05) is 49.2 Å². The van der Waals surface area contributed by atoms with Gasteiger partial charge in [0.1, 0.15) is 5.39 Å². The van der Waals surface area contributed by atoms with E-state index in [1.807, 2.05) is 24.3 Å². The van der Waals surface area contributed by atoms with Crippen LogP contribution in [0.2, 0.25) is 0 Å². The zero-order valence-corrected chi connectivity index (χ0v) is 23.6. The number of piperazine rings is 1. The number of hydrogen-bond acceptors (Lipinski definition) is 8. The van der Waals surface area contributed by atoms with Gasteiger partial charge in [0.15, 0.2) is 11.5 Å². The zero-order chi connectivity index (χ0) is 30.1. The number of pyridine rings is 1. The maximum Gasteiger partial charge on any atom is 0.423 e. The third kappa shape index (κ3) is 4.24. The van der Waals surface area contributed by atoms with Gasteiger partial charge in [0.25, 0.3) is 5.56 Å². The van der Waals surface area contributed by atoms with Crippen LogP contribution in [0.5, 0.6) is 0 Å². The fourth-order valence-electron chi connectivity index (χ4n) is 6.48. The molecule has 1 saturated carbocycles. The number of aliphatic hydroxyl groups is 1. The molecule has 2 N–H and O–H groups in total. The quantitative estimate of drug-likeness (QED) is 0.327. The summed E-state index contributed by atoms with van der Waals surface area (Å²) in [6.45, 7) is 7.66. The maximum absolute atomic E-state index is 14.4. The number of benzene rings is 1. The first-order chi connectivity index (χ1) is 20.5. The molecule has 0 bridgehead atoms. The normalized spacial score (nSPS) is 21.4. The fourth-order valence-corrected chi connectivity index (χ4v) is 6.48. The van der Waals surface area contributed by atoms with Gasteiger partial charge in [-0.2, -0.15) is 18.2 Å². The molecule has 1 spiro atoms. The lowest BCUT2D eigenvalue weighted by molar-refractivity contribution is -0.289. The highest BCUT2D eigenvalue weighted by Crippen LogP contribution is 2.69. The fraction of sp³-hybridized carbons (Fsp3) is 0.400. The Hall–Kier alpha value is -4.23. The maximum atomic E-state index is 14.4. The molecule has 3 aromatic heterocycles. The van der Waals surface area contributed by atoms with Crippen molar-refractivity contribution in [1.29, 1.82) is 0 Å². The second-order valence-corrected chi connectivity index (χ2v) is 11.7. The molecule has 0 amide bonds. The monoisotopic (exact) mass is 592 g/mol. The Morgan fingerprint density at radius 2 is 1.79 bits per heavy atom. The van der Waals surface area contributed by atoms with E-state index in [1.165, 1.54) is 21.6 Å². The molecule has 1 aliphatic heterocycles. The molecule has 7 rings (SSSR count). The average Bonchev–Trinajstić information content (AvgIpc) is 3.66. The van der Waals surface area contributed by atoms with Crippen LogP contribution in [0.1, 0.15) is 24.1 Å². The minimum Gasteiger partial charge on any atom is -0.375 e. The van der Waals surface area contributed by atoms with Crippen LogP contribution in [0.15, 0.2) is 60.0 Å². The van der Waals surface area contributed by atoms with E-state index < -0.39 is 28.4 Å². The highest BCUT2D eigenvalue weighted by molar-refractivity contribution is 5.77. The number of fused-ring (bicyclic) bond motifs is 2.